The van der Waals surface area contributed by atoms with Crippen LogP contribution in [0.25, 0.3) is 10.9 Å². The highest BCUT2D eigenvalue weighted by molar-refractivity contribution is 6.44. The van der Waals surface area contributed by atoms with Crippen LogP contribution in [0.15, 0.2) is 30.6 Å². The van der Waals surface area contributed by atoms with Gasteiger partial charge in [-0.25, -0.2) is 14.4 Å². The highest BCUT2D eigenvalue weighted by atomic mass is 35.5. The van der Waals surface area contributed by atoms with Crippen molar-refractivity contribution in [1.29, 1.82) is 0 Å². The van der Waals surface area contributed by atoms with Crippen molar-refractivity contribution >= 4 is 51.3 Å². The molecule has 0 radical (unpaired) electrons. The maximum Gasteiger partial charge on any atom is 0.164 e. The zero-order chi connectivity index (χ0) is 26.4. The van der Waals surface area contributed by atoms with Gasteiger partial charge in [-0.1, -0.05) is 23.2 Å². The van der Waals surface area contributed by atoms with Crippen molar-refractivity contribution in [2.45, 2.75) is 24.5 Å². The van der Waals surface area contributed by atoms with Gasteiger partial charge in [-0.3, -0.25) is 0 Å². The van der Waals surface area contributed by atoms with Gasteiger partial charge in [0.05, 0.1) is 47.3 Å². The van der Waals surface area contributed by atoms with Gasteiger partial charge in [-0.15, -0.1) is 0 Å². The lowest BCUT2D eigenvalue weighted by Crippen LogP contribution is -2.44. The average Bonchev–Trinajstić information content (AvgIpc) is 3.49. The molecule has 4 atom stereocenters. The Morgan fingerprint density at radius 2 is 1.82 bits per heavy atom. The Bertz CT molecular complexity index is 1340. The van der Waals surface area contributed by atoms with Crippen LogP contribution < -0.4 is 19.7 Å². The van der Waals surface area contributed by atoms with Crippen LogP contribution in [0.2, 0.25) is 10.0 Å². The fourth-order valence-electron chi connectivity index (χ4n) is 5.20. The summed E-state index contributed by atoms with van der Waals surface area (Å²) in [5.74, 6) is 1.54. The van der Waals surface area contributed by atoms with Crippen molar-refractivity contribution in [3.05, 3.63) is 40.6 Å². The molecule has 0 bridgehead atoms. The third-order valence-electron chi connectivity index (χ3n) is 7.29. The molecule has 38 heavy (non-hydrogen) atoms. The SMILES string of the molecule is COc1cc2c(Nc3ccc(Cl)c(Cl)c3N3CCN(C)CC3)ncnc2cc1OC1CO[C@H]2[C@H](F)CO[C@@H]12. The van der Waals surface area contributed by atoms with Crippen molar-refractivity contribution in [2.75, 3.05) is 63.8 Å². The van der Waals surface area contributed by atoms with Crippen LogP contribution in [0.3, 0.4) is 0 Å². The normalized spacial score (nSPS) is 25.6. The molecule has 1 N–H and O–H groups in total. The summed E-state index contributed by atoms with van der Waals surface area (Å²) in [6.45, 7) is 3.73. The summed E-state index contributed by atoms with van der Waals surface area (Å²) in [7, 11) is 3.66. The predicted octanol–water partition coefficient (Wildman–Crippen LogP) is 4.32. The number of halogens is 3. The van der Waals surface area contributed by atoms with Crippen LogP contribution >= 0.6 is 23.2 Å². The van der Waals surface area contributed by atoms with Gasteiger partial charge < -0.3 is 34.1 Å². The van der Waals surface area contributed by atoms with Crippen molar-refractivity contribution in [3.63, 3.8) is 0 Å². The first-order valence-electron chi connectivity index (χ1n) is 12.5. The number of nitrogens with one attached hydrogen (secondary N) is 1. The van der Waals surface area contributed by atoms with Gasteiger partial charge in [-0.2, -0.15) is 0 Å². The van der Waals surface area contributed by atoms with Gasteiger partial charge in [-0.05, 0) is 25.2 Å². The Labute approximate surface area is 229 Å². The summed E-state index contributed by atoms with van der Waals surface area (Å²) < 4.78 is 37.0. The molecule has 0 spiro atoms. The number of ether oxygens (including phenoxy) is 4. The van der Waals surface area contributed by atoms with E-state index in [-0.39, 0.29) is 13.2 Å². The monoisotopic (exact) mass is 563 g/mol. The zero-order valence-corrected chi connectivity index (χ0v) is 22.5. The Hall–Kier alpha value is -2.63. The summed E-state index contributed by atoms with van der Waals surface area (Å²) in [6, 6.07) is 7.28. The van der Waals surface area contributed by atoms with Crippen LogP contribution in [-0.4, -0.2) is 92.9 Å². The number of nitrogens with zero attached hydrogens (tertiary/aromatic N) is 4. The molecular formula is C26H28Cl2FN5O4. The van der Waals surface area contributed by atoms with Gasteiger partial charge in [0, 0.05) is 37.6 Å². The van der Waals surface area contributed by atoms with Gasteiger partial charge >= 0.3 is 0 Å². The predicted molar refractivity (Wildman–Crippen MR) is 144 cm³/mol. The van der Waals surface area contributed by atoms with Crippen molar-refractivity contribution < 1.29 is 23.3 Å². The molecule has 1 aromatic heterocycles. The van der Waals surface area contributed by atoms with Gasteiger partial charge in [0.2, 0.25) is 0 Å². The highest BCUT2D eigenvalue weighted by Crippen LogP contribution is 2.42. The third kappa shape index (κ3) is 4.69. The summed E-state index contributed by atoms with van der Waals surface area (Å²) in [5, 5.41) is 5.16. The molecular weight excluding hydrogens is 536 g/mol. The highest BCUT2D eigenvalue weighted by Gasteiger charge is 2.49. The molecule has 0 aliphatic carbocycles. The number of likely N-dealkylation sites (N-methyl/N-ethyl adjacent to an activating group) is 1. The fourth-order valence-corrected chi connectivity index (χ4v) is 5.64. The van der Waals surface area contributed by atoms with Crippen LogP contribution in [0, 0.1) is 0 Å². The van der Waals surface area contributed by atoms with Gasteiger partial charge in [0.25, 0.3) is 0 Å². The Morgan fingerprint density at radius 1 is 1.03 bits per heavy atom. The van der Waals surface area contributed by atoms with E-state index >= 15 is 0 Å². The Kier molecular flexibility index (Phi) is 7.09. The molecule has 3 aliphatic heterocycles. The molecule has 12 heteroatoms. The minimum absolute atomic E-state index is 0.0110. The van der Waals surface area contributed by atoms with E-state index in [9.17, 15) is 4.39 Å². The van der Waals surface area contributed by atoms with Crippen molar-refractivity contribution in [1.82, 2.24) is 14.9 Å². The number of anilines is 3. The third-order valence-corrected chi connectivity index (χ3v) is 8.08. The molecule has 202 valence electrons. The van der Waals surface area contributed by atoms with E-state index < -0.39 is 24.5 Å². The minimum Gasteiger partial charge on any atom is -0.493 e. The number of methoxy groups -OCH3 is 1. The van der Waals surface area contributed by atoms with Crippen LogP contribution in [0.5, 0.6) is 11.5 Å². The second kappa shape index (κ2) is 10.5. The van der Waals surface area contributed by atoms with E-state index in [2.05, 4.69) is 32.1 Å². The lowest BCUT2D eigenvalue weighted by Gasteiger charge is -2.35. The molecule has 1 unspecified atom stereocenters. The molecule has 4 heterocycles. The largest absolute Gasteiger partial charge is 0.493 e. The maximum atomic E-state index is 14.0. The summed E-state index contributed by atoms with van der Waals surface area (Å²) in [5.41, 5.74) is 2.27. The molecule has 6 rings (SSSR count). The second-order valence-corrected chi connectivity index (χ2v) is 10.5. The molecule has 0 amide bonds. The van der Waals surface area contributed by atoms with E-state index in [1.54, 1.807) is 19.2 Å². The Morgan fingerprint density at radius 3 is 2.61 bits per heavy atom. The molecule has 0 saturated carbocycles. The van der Waals surface area contributed by atoms with E-state index in [4.69, 9.17) is 42.1 Å². The first-order chi connectivity index (χ1) is 18.4. The molecule has 9 nitrogen and oxygen atoms in total. The Balaban J connectivity index is 1.32. The summed E-state index contributed by atoms with van der Waals surface area (Å²) >= 11 is 13.1. The van der Waals surface area contributed by atoms with E-state index in [0.29, 0.717) is 32.9 Å². The van der Waals surface area contributed by atoms with Crippen LogP contribution in [-0.2, 0) is 9.47 Å². The molecule has 2 aromatic carbocycles. The van der Waals surface area contributed by atoms with Crippen LogP contribution in [0.1, 0.15) is 0 Å². The summed E-state index contributed by atoms with van der Waals surface area (Å²) in [4.78, 5) is 13.5. The smallest absolute Gasteiger partial charge is 0.164 e. The van der Waals surface area contributed by atoms with E-state index in [1.165, 1.54) is 6.33 Å². The standard InChI is InChI=1S/C26H28Cl2FN5O4/c1-33-5-7-34(8-6-33)23-17(4-3-15(27)22(23)28)32-26-14-9-19(35-2)20(10-18(14)30-13-31-26)38-21-12-37-24-16(29)11-36-25(21)24/h3-4,9-10,13,16,21,24-25H,5-8,11-12H2,1-2H3,(H,30,31,32)/t16-,21?,24+,25+/m1/s1. The maximum absolute atomic E-state index is 14.0. The lowest BCUT2D eigenvalue weighted by molar-refractivity contribution is 0.0271. The first kappa shape index (κ1) is 25.6. The number of hydrogen-bond acceptors (Lipinski definition) is 9. The fraction of sp³-hybridized carbons (Fsp3) is 0.462. The minimum atomic E-state index is -1.15. The molecule has 3 aliphatic rings. The average molecular weight is 564 g/mol. The number of piperazine rings is 1. The van der Waals surface area contributed by atoms with Crippen LogP contribution in [0.4, 0.5) is 21.6 Å². The molecule has 3 aromatic rings. The van der Waals surface area contributed by atoms with E-state index in [0.717, 1.165) is 42.9 Å². The summed E-state index contributed by atoms with van der Waals surface area (Å²) in [6.07, 6.45) is -1.18. The quantitative estimate of drug-likeness (QED) is 0.471. The number of benzene rings is 2. The second-order valence-electron chi connectivity index (χ2n) is 9.68. The lowest BCUT2D eigenvalue weighted by atomic mass is 10.1. The van der Waals surface area contributed by atoms with Crippen molar-refractivity contribution in [3.8, 4) is 11.5 Å². The molecule has 3 saturated heterocycles. The number of alkyl halides is 1. The van der Waals surface area contributed by atoms with E-state index in [1.807, 2.05) is 12.1 Å². The van der Waals surface area contributed by atoms with Gasteiger partial charge in [0.1, 0.15) is 24.4 Å². The topological polar surface area (TPSA) is 81.2 Å². The number of rotatable bonds is 6. The number of aromatic nitrogens is 2. The number of fused-ring (bicyclic) bond motifs is 2. The number of hydrogen-bond donors (Lipinski definition) is 1. The zero-order valence-electron chi connectivity index (χ0n) is 21.0. The van der Waals surface area contributed by atoms with Crippen molar-refractivity contribution in [2.24, 2.45) is 0 Å². The molecule has 3 fully saturated rings. The first-order valence-corrected chi connectivity index (χ1v) is 13.2. The van der Waals surface area contributed by atoms with Gasteiger partial charge in [0.15, 0.2) is 23.8 Å².